The van der Waals surface area contributed by atoms with E-state index in [-0.39, 0.29) is 0 Å². The van der Waals surface area contributed by atoms with Gasteiger partial charge in [-0.25, -0.2) is 0 Å². The Morgan fingerprint density at radius 3 is 2.00 bits per heavy atom. The van der Waals surface area contributed by atoms with Gasteiger partial charge in [-0.2, -0.15) is 0 Å². The Morgan fingerprint density at radius 2 is 1.32 bits per heavy atom. The lowest BCUT2D eigenvalue weighted by molar-refractivity contribution is 0.0592. The SMILES string of the molecule is NC1CCCC(N2CCC(N3CCCCC3)CC2)C1. The molecule has 3 nitrogen and oxygen atoms in total. The minimum Gasteiger partial charge on any atom is -0.328 e. The quantitative estimate of drug-likeness (QED) is 0.831. The molecule has 2 aliphatic heterocycles. The van der Waals surface area contributed by atoms with Gasteiger partial charge in [0.15, 0.2) is 0 Å². The molecule has 0 radical (unpaired) electrons. The smallest absolute Gasteiger partial charge is 0.0120 e. The van der Waals surface area contributed by atoms with Gasteiger partial charge in [0, 0.05) is 18.1 Å². The molecule has 0 spiro atoms. The molecular formula is C16H31N3. The molecule has 2 heterocycles. The van der Waals surface area contributed by atoms with Crippen molar-refractivity contribution < 1.29 is 0 Å². The first-order valence-electron chi connectivity index (χ1n) is 8.56. The largest absolute Gasteiger partial charge is 0.328 e. The van der Waals surface area contributed by atoms with Crippen molar-refractivity contribution in [2.24, 2.45) is 5.73 Å². The van der Waals surface area contributed by atoms with E-state index < -0.39 is 0 Å². The Bertz CT molecular complexity index is 267. The highest BCUT2D eigenvalue weighted by molar-refractivity contribution is 4.87. The number of hydrogen-bond donors (Lipinski definition) is 1. The van der Waals surface area contributed by atoms with Gasteiger partial charge in [0.2, 0.25) is 0 Å². The highest BCUT2D eigenvalue weighted by atomic mass is 15.2. The second kappa shape index (κ2) is 6.55. The molecule has 1 aliphatic carbocycles. The lowest BCUT2D eigenvalue weighted by Gasteiger charge is -2.44. The molecule has 0 aromatic heterocycles. The fourth-order valence-corrected chi connectivity index (χ4v) is 4.43. The van der Waals surface area contributed by atoms with E-state index in [9.17, 15) is 0 Å². The second-order valence-electron chi connectivity index (χ2n) is 6.94. The van der Waals surface area contributed by atoms with Gasteiger partial charge >= 0.3 is 0 Å². The second-order valence-corrected chi connectivity index (χ2v) is 6.94. The number of likely N-dealkylation sites (tertiary alicyclic amines) is 2. The zero-order valence-corrected chi connectivity index (χ0v) is 12.4. The molecule has 110 valence electrons. The minimum absolute atomic E-state index is 0.471. The van der Waals surface area contributed by atoms with Gasteiger partial charge in [0.1, 0.15) is 0 Å². The van der Waals surface area contributed by atoms with Crippen LogP contribution in [-0.2, 0) is 0 Å². The number of rotatable bonds is 2. The number of piperidine rings is 2. The first-order chi connectivity index (χ1) is 9.33. The summed E-state index contributed by atoms with van der Waals surface area (Å²) >= 11 is 0. The van der Waals surface area contributed by atoms with Gasteiger partial charge in [0.05, 0.1) is 0 Å². The third-order valence-electron chi connectivity index (χ3n) is 5.61. The number of nitrogens with two attached hydrogens (primary N) is 1. The van der Waals surface area contributed by atoms with Crippen molar-refractivity contribution in [3.63, 3.8) is 0 Å². The van der Waals surface area contributed by atoms with Gasteiger partial charge in [-0.05, 0) is 71.1 Å². The topological polar surface area (TPSA) is 32.5 Å². The highest BCUT2D eigenvalue weighted by Gasteiger charge is 2.30. The normalized spacial score (nSPS) is 36.5. The summed E-state index contributed by atoms with van der Waals surface area (Å²) in [6, 6.07) is 2.15. The minimum atomic E-state index is 0.471. The number of nitrogens with zero attached hydrogens (tertiary/aromatic N) is 2. The Kier molecular flexibility index (Phi) is 4.78. The van der Waals surface area contributed by atoms with Crippen LogP contribution in [-0.4, -0.2) is 54.1 Å². The molecule has 3 fully saturated rings. The van der Waals surface area contributed by atoms with Crippen LogP contribution in [0.4, 0.5) is 0 Å². The van der Waals surface area contributed by atoms with Crippen molar-refractivity contribution in [3.05, 3.63) is 0 Å². The maximum atomic E-state index is 6.14. The van der Waals surface area contributed by atoms with Gasteiger partial charge in [-0.15, -0.1) is 0 Å². The first kappa shape index (κ1) is 13.8. The van der Waals surface area contributed by atoms with Gasteiger partial charge in [0.25, 0.3) is 0 Å². The molecule has 2 unspecified atom stereocenters. The molecule has 3 aliphatic rings. The molecular weight excluding hydrogens is 234 g/mol. The summed E-state index contributed by atoms with van der Waals surface area (Å²) in [5, 5.41) is 0. The van der Waals surface area contributed by atoms with Crippen molar-refractivity contribution in [2.45, 2.75) is 75.9 Å². The predicted molar refractivity (Wildman–Crippen MR) is 80.3 cm³/mol. The van der Waals surface area contributed by atoms with Crippen LogP contribution in [0.3, 0.4) is 0 Å². The third-order valence-corrected chi connectivity index (χ3v) is 5.61. The lowest BCUT2D eigenvalue weighted by Crippen LogP contribution is -2.51. The average molecular weight is 265 g/mol. The Labute approximate surface area is 118 Å². The molecule has 2 N–H and O–H groups in total. The van der Waals surface area contributed by atoms with E-state index in [1.165, 1.54) is 84.0 Å². The molecule has 0 aromatic carbocycles. The van der Waals surface area contributed by atoms with Crippen molar-refractivity contribution >= 4 is 0 Å². The number of hydrogen-bond acceptors (Lipinski definition) is 3. The van der Waals surface area contributed by atoms with Crippen LogP contribution in [0.5, 0.6) is 0 Å². The Morgan fingerprint density at radius 1 is 0.632 bits per heavy atom. The lowest BCUT2D eigenvalue weighted by atomic mass is 9.88. The Hall–Kier alpha value is -0.120. The van der Waals surface area contributed by atoms with Gasteiger partial charge in [-0.3, -0.25) is 0 Å². The van der Waals surface area contributed by atoms with Crippen LogP contribution in [0, 0.1) is 0 Å². The average Bonchev–Trinajstić information content (AvgIpc) is 2.48. The van der Waals surface area contributed by atoms with Crippen LogP contribution in [0.15, 0.2) is 0 Å². The summed E-state index contributed by atoms with van der Waals surface area (Å²) < 4.78 is 0. The summed E-state index contributed by atoms with van der Waals surface area (Å²) in [6.45, 7) is 5.36. The van der Waals surface area contributed by atoms with Crippen LogP contribution < -0.4 is 5.73 Å². The first-order valence-corrected chi connectivity index (χ1v) is 8.56. The summed E-state index contributed by atoms with van der Waals surface area (Å²) in [5.41, 5.74) is 6.14. The zero-order chi connectivity index (χ0) is 13.1. The Balaban J connectivity index is 1.46. The summed E-state index contributed by atoms with van der Waals surface area (Å²) in [7, 11) is 0. The van der Waals surface area contributed by atoms with Crippen molar-refractivity contribution in [2.75, 3.05) is 26.2 Å². The summed E-state index contributed by atoms with van der Waals surface area (Å²) in [4.78, 5) is 5.52. The van der Waals surface area contributed by atoms with Crippen LogP contribution in [0.25, 0.3) is 0 Å². The molecule has 0 amide bonds. The standard InChI is InChI=1S/C16H31N3/c17-14-5-4-6-16(13-14)19-11-7-15(8-12-19)18-9-2-1-3-10-18/h14-16H,1-13,17H2. The van der Waals surface area contributed by atoms with Gasteiger partial charge in [-0.1, -0.05) is 12.8 Å². The maximum absolute atomic E-state index is 6.14. The molecule has 0 aromatic rings. The van der Waals surface area contributed by atoms with E-state index in [0.29, 0.717) is 6.04 Å². The van der Waals surface area contributed by atoms with Crippen LogP contribution in [0.2, 0.25) is 0 Å². The monoisotopic (exact) mass is 265 g/mol. The fourth-order valence-electron chi connectivity index (χ4n) is 4.43. The van der Waals surface area contributed by atoms with Crippen LogP contribution >= 0.6 is 0 Å². The van der Waals surface area contributed by atoms with E-state index in [4.69, 9.17) is 5.73 Å². The molecule has 2 atom stereocenters. The van der Waals surface area contributed by atoms with E-state index in [0.717, 1.165) is 12.1 Å². The summed E-state index contributed by atoms with van der Waals surface area (Å²) in [5.74, 6) is 0. The van der Waals surface area contributed by atoms with Crippen molar-refractivity contribution in [3.8, 4) is 0 Å². The molecule has 3 rings (SSSR count). The molecule has 19 heavy (non-hydrogen) atoms. The van der Waals surface area contributed by atoms with Crippen molar-refractivity contribution in [1.82, 2.24) is 9.80 Å². The molecule has 3 heteroatoms. The van der Waals surface area contributed by atoms with E-state index in [1.807, 2.05) is 0 Å². The molecule has 0 bridgehead atoms. The fraction of sp³-hybridized carbons (Fsp3) is 1.00. The van der Waals surface area contributed by atoms with Crippen molar-refractivity contribution in [1.29, 1.82) is 0 Å². The summed E-state index contributed by atoms with van der Waals surface area (Å²) in [6.07, 6.45) is 12.3. The van der Waals surface area contributed by atoms with Gasteiger partial charge < -0.3 is 15.5 Å². The van der Waals surface area contributed by atoms with E-state index in [1.54, 1.807) is 0 Å². The highest BCUT2D eigenvalue weighted by Crippen LogP contribution is 2.27. The zero-order valence-electron chi connectivity index (χ0n) is 12.4. The van der Waals surface area contributed by atoms with E-state index in [2.05, 4.69) is 9.80 Å². The molecule has 1 saturated carbocycles. The van der Waals surface area contributed by atoms with Crippen LogP contribution in [0.1, 0.15) is 57.8 Å². The predicted octanol–water partition coefficient (Wildman–Crippen LogP) is 2.21. The molecule has 2 saturated heterocycles. The third kappa shape index (κ3) is 3.50. The maximum Gasteiger partial charge on any atom is 0.0120 e. The van der Waals surface area contributed by atoms with E-state index >= 15 is 0 Å².